The zero-order valence-corrected chi connectivity index (χ0v) is 10.5. The Morgan fingerprint density at radius 2 is 2.38 bits per heavy atom. The predicted molar refractivity (Wildman–Crippen MR) is 64.4 cm³/mol. The number of hydrogen-bond acceptors (Lipinski definition) is 3. The number of aromatic nitrogens is 2. The first-order valence-electron chi connectivity index (χ1n) is 5.92. The number of nitrogens with zero attached hydrogens (tertiary/aromatic N) is 2. The topological polar surface area (TPSA) is 39.1 Å². The second-order valence-corrected chi connectivity index (χ2v) is 5.04. The molecule has 16 heavy (non-hydrogen) atoms. The van der Waals surface area contributed by atoms with Crippen molar-refractivity contribution in [3.05, 3.63) is 12.3 Å². The van der Waals surface area contributed by atoms with E-state index in [1.807, 2.05) is 24.0 Å². The van der Waals surface area contributed by atoms with E-state index in [1.54, 1.807) is 0 Å². The van der Waals surface area contributed by atoms with Gasteiger partial charge in [-0.25, -0.2) is 0 Å². The van der Waals surface area contributed by atoms with Crippen molar-refractivity contribution in [1.29, 1.82) is 0 Å². The maximum absolute atomic E-state index is 5.71. The van der Waals surface area contributed by atoms with Crippen molar-refractivity contribution >= 4 is 5.82 Å². The summed E-state index contributed by atoms with van der Waals surface area (Å²) in [7, 11) is 1.95. The van der Waals surface area contributed by atoms with E-state index in [0.717, 1.165) is 18.8 Å². The summed E-state index contributed by atoms with van der Waals surface area (Å²) >= 11 is 0. The van der Waals surface area contributed by atoms with E-state index in [-0.39, 0.29) is 5.41 Å². The summed E-state index contributed by atoms with van der Waals surface area (Å²) in [6.45, 7) is 7.36. The second-order valence-electron chi connectivity index (χ2n) is 5.04. The third kappa shape index (κ3) is 1.82. The van der Waals surface area contributed by atoms with E-state index in [9.17, 15) is 0 Å². The first-order valence-corrected chi connectivity index (χ1v) is 5.92. The zero-order valence-electron chi connectivity index (χ0n) is 10.5. The number of hydrogen-bond donors (Lipinski definition) is 1. The number of nitrogens with one attached hydrogen (secondary N) is 1. The Morgan fingerprint density at radius 1 is 1.62 bits per heavy atom. The maximum Gasteiger partial charge on any atom is 0.124 e. The van der Waals surface area contributed by atoms with Gasteiger partial charge in [-0.3, -0.25) is 4.68 Å². The molecular formula is C12H21N3O. The Hall–Kier alpha value is -1.03. The molecule has 0 bridgehead atoms. The minimum atomic E-state index is 0.195. The van der Waals surface area contributed by atoms with Gasteiger partial charge in [0.25, 0.3) is 0 Å². The normalized spacial score (nSPS) is 27.5. The molecule has 2 atom stereocenters. The van der Waals surface area contributed by atoms with Crippen LogP contribution in [0.3, 0.4) is 0 Å². The van der Waals surface area contributed by atoms with Gasteiger partial charge in [0.1, 0.15) is 5.82 Å². The Balaban J connectivity index is 1.97. The molecule has 1 N–H and O–H groups in total. The highest BCUT2D eigenvalue weighted by Gasteiger charge is 2.49. The first-order chi connectivity index (χ1) is 7.55. The molecule has 0 aromatic carbocycles. The molecule has 0 amide bonds. The van der Waals surface area contributed by atoms with Crippen molar-refractivity contribution in [2.24, 2.45) is 12.5 Å². The van der Waals surface area contributed by atoms with Crippen LogP contribution in [0.25, 0.3) is 0 Å². The second kappa shape index (κ2) is 4.09. The minimum Gasteiger partial charge on any atom is -0.378 e. The summed E-state index contributed by atoms with van der Waals surface area (Å²) < 4.78 is 7.58. The summed E-state index contributed by atoms with van der Waals surface area (Å²) in [5.74, 6) is 1.08. The molecule has 1 aromatic rings. The van der Waals surface area contributed by atoms with Crippen molar-refractivity contribution in [2.45, 2.75) is 39.3 Å². The van der Waals surface area contributed by atoms with Gasteiger partial charge in [0.05, 0.1) is 12.3 Å². The summed E-state index contributed by atoms with van der Waals surface area (Å²) in [5.41, 5.74) is 0.195. The summed E-state index contributed by atoms with van der Waals surface area (Å²) in [6.07, 6.45) is 3.27. The monoisotopic (exact) mass is 223 g/mol. The quantitative estimate of drug-likeness (QED) is 0.849. The highest BCUT2D eigenvalue weighted by atomic mass is 16.5. The molecule has 1 aliphatic carbocycles. The average molecular weight is 223 g/mol. The average Bonchev–Trinajstić information content (AvgIpc) is 2.63. The Bertz CT molecular complexity index is 359. The lowest BCUT2D eigenvalue weighted by molar-refractivity contribution is -0.0977. The van der Waals surface area contributed by atoms with Crippen LogP contribution in [0, 0.1) is 5.41 Å². The molecule has 1 fully saturated rings. The van der Waals surface area contributed by atoms with Crippen LogP contribution in [0.5, 0.6) is 0 Å². The molecule has 2 unspecified atom stereocenters. The van der Waals surface area contributed by atoms with Crippen molar-refractivity contribution in [1.82, 2.24) is 9.78 Å². The van der Waals surface area contributed by atoms with Crippen LogP contribution in [-0.2, 0) is 11.8 Å². The van der Waals surface area contributed by atoms with Crippen LogP contribution in [0.4, 0.5) is 5.82 Å². The highest BCUT2D eigenvalue weighted by Crippen LogP contribution is 2.44. The molecule has 90 valence electrons. The van der Waals surface area contributed by atoms with Gasteiger partial charge in [0.2, 0.25) is 0 Å². The van der Waals surface area contributed by atoms with Crippen molar-refractivity contribution in [3.63, 3.8) is 0 Å². The summed E-state index contributed by atoms with van der Waals surface area (Å²) in [5, 5.41) is 7.68. The molecule has 2 rings (SSSR count). The van der Waals surface area contributed by atoms with Gasteiger partial charge in [-0.15, -0.1) is 0 Å². The summed E-state index contributed by atoms with van der Waals surface area (Å²) in [6, 6.07) is 2.48. The Labute approximate surface area is 97.0 Å². The molecule has 1 aliphatic rings. The lowest BCUT2D eigenvalue weighted by atomic mass is 9.64. The van der Waals surface area contributed by atoms with E-state index < -0.39 is 0 Å². The van der Waals surface area contributed by atoms with Crippen LogP contribution in [0.15, 0.2) is 12.3 Å². The number of aryl methyl sites for hydroxylation is 1. The van der Waals surface area contributed by atoms with Gasteiger partial charge in [0, 0.05) is 31.2 Å². The van der Waals surface area contributed by atoms with Gasteiger partial charge < -0.3 is 10.1 Å². The van der Waals surface area contributed by atoms with Gasteiger partial charge in [-0.2, -0.15) is 5.10 Å². The molecule has 0 spiro atoms. The molecule has 1 heterocycles. The van der Waals surface area contributed by atoms with Crippen molar-refractivity contribution in [2.75, 3.05) is 11.9 Å². The van der Waals surface area contributed by atoms with Crippen LogP contribution in [0.2, 0.25) is 0 Å². The molecule has 1 saturated carbocycles. The number of rotatable bonds is 4. The van der Waals surface area contributed by atoms with E-state index in [1.165, 1.54) is 0 Å². The minimum absolute atomic E-state index is 0.195. The van der Waals surface area contributed by atoms with E-state index in [0.29, 0.717) is 12.1 Å². The number of ether oxygens (including phenoxy) is 1. The third-order valence-corrected chi connectivity index (χ3v) is 3.69. The molecule has 4 heteroatoms. The highest BCUT2D eigenvalue weighted by molar-refractivity contribution is 5.37. The molecule has 0 aliphatic heterocycles. The van der Waals surface area contributed by atoms with Crippen molar-refractivity contribution < 1.29 is 4.74 Å². The Morgan fingerprint density at radius 3 is 2.88 bits per heavy atom. The third-order valence-electron chi connectivity index (χ3n) is 3.69. The molecule has 1 aromatic heterocycles. The van der Waals surface area contributed by atoms with Gasteiger partial charge in [-0.1, -0.05) is 13.8 Å². The summed E-state index contributed by atoms with van der Waals surface area (Å²) in [4.78, 5) is 0. The van der Waals surface area contributed by atoms with E-state index in [4.69, 9.17) is 4.74 Å². The first kappa shape index (κ1) is 11.5. The Kier molecular flexibility index (Phi) is 2.93. The van der Waals surface area contributed by atoms with Crippen LogP contribution in [-0.4, -0.2) is 28.5 Å². The lowest BCUT2D eigenvalue weighted by Gasteiger charge is -2.51. The zero-order chi connectivity index (χ0) is 11.8. The fourth-order valence-electron chi connectivity index (χ4n) is 2.31. The fourth-order valence-corrected chi connectivity index (χ4v) is 2.31. The maximum atomic E-state index is 5.71. The predicted octanol–water partition coefficient (Wildman–Crippen LogP) is 2.04. The van der Waals surface area contributed by atoms with Crippen molar-refractivity contribution in [3.8, 4) is 0 Å². The molecular weight excluding hydrogens is 202 g/mol. The SMILES string of the molecule is CCOC1CC(Nc2ccnn2C)C1(C)C. The van der Waals surface area contributed by atoms with Crippen LogP contribution >= 0.6 is 0 Å². The molecule has 0 radical (unpaired) electrons. The smallest absolute Gasteiger partial charge is 0.124 e. The lowest BCUT2D eigenvalue weighted by Crippen LogP contribution is -2.58. The molecule has 4 nitrogen and oxygen atoms in total. The van der Waals surface area contributed by atoms with Gasteiger partial charge in [0.15, 0.2) is 0 Å². The van der Waals surface area contributed by atoms with E-state index in [2.05, 4.69) is 31.2 Å². The fraction of sp³-hybridized carbons (Fsp3) is 0.750. The standard InChI is InChI=1S/C12H21N3O/c1-5-16-10-8-9(12(10,2)3)14-11-6-7-13-15(11)4/h6-7,9-10,14H,5,8H2,1-4H3. The number of anilines is 1. The largest absolute Gasteiger partial charge is 0.378 e. The van der Waals surface area contributed by atoms with E-state index >= 15 is 0 Å². The van der Waals surface area contributed by atoms with Gasteiger partial charge >= 0.3 is 0 Å². The van der Waals surface area contributed by atoms with Crippen LogP contribution < -0.4 is 5.32 Å². The molecule has 0 saturated heterocycles. The van der Waals surface area contributed by atoms with Gasteiger partial charge in [-0.05, 0) is 13.3 Å². The van der Waals surface area contributed by atoms with Crippen LogP contribution in [0.1, 0.15) is 27.2 Å².